The van der Waals surface area contributed by atoms with E-state index in [9.17, 15) is 75.7 Å². The van der Waals surface area contributed by atoms with Crippen LogP contribution in [0.15, 0.2) is 0 Å². The fourth-order valence-electron chi connectivity index (χ4n) is 15.8. The van der Waals surface area contributed by atoms with Crippen molar-refractivity contribution >= 4 is 17.8 Å². The molecule has 23 nitrogen and oxygen atoms in total. The van der Waals surface area contributed by atoms with E-state index in [2.05, 4.69) is 24.5 Å². The Balaban J connectivity index is 1.44. The van der Waals surface area contributed by atoms with Gasteiger partial charge in [-0.15, -0.1) is 0 Å². The highest BCUT2D eigenvalue weighted by Gasteiger charge is 2.60. The minimum atomic E-state index is -3.08. The van der Waals surface area contributed by atoms with Gasteiger partial charge in [0.05, 0.1) is 50.7 Å². The largest absolute Gasteiger partial charge is 0.477 e. The zero-order valence-electron chi connectivity index (χ0n) is 68.0. The standard InChI is InChI=1S/C85H162N2O21/c1-4-6-8-10-12-14-16-18-20-22-24-26-27-28-29-30-31-32-33-34-35-36-37-39-41-43-45-47-49-51-53-55-57-59-72(95)87-66(67(92)58-56-54-52-50-48-46-44-42-40-38-25-23-21-19-17-15-13-11-9-7-5-2)64-103-82-77(99)76(98)79(71(63-90)105-82)106-83-78(100)81(75(97)70(62-89)104-83)108-85(84(101)102)60-68(93)73(86-65(3)91)80(107-85)74(96)69(94)61-88/h66-71,73-83,88-90,92-94,96-100H,4-64H2,1-3H3,(H,86,91)(H,87,95)(H,101,102). The SMILES string of the molecule is CCCCCCCCCCCCCCCCCCCCCCCCCCCCCCCCCCCC(=O)NC(COC1OC(CO)C(OC2OC(CO)C(O)C(OC3(C(=O)O)CC(O)C(NC(C)=O)C(C(O)C(O)CO)O3)C2O)C(O)C1O)C(O)CCCCCCCCCCCCCCCCCCCCCCC. The number of ether oxygens (including phenoxy) is 6. The average molecular weight is 1550 g/mol. The summed E-state index contributed by atoms with van der Waals surface area (Å²) in [5, 5.41) is 137. The zero-order chi connectivity index (χ0) is 78.8. The first-order chi connectivity index (χ1) is 52.4. The Hall–Kier alpha value is -2.27. The second-order valence-electron chi connectivity index (χ2n) is 32.5. The third kappa shape index (κ3) is 42.9. The Labute approximate surface area is 652 Å². The molecule has 3 fully saturated rings. The highest BCUT2D eigenvalue weighted by molar-refractivity contribution is 5.77. The molecule has 0 saturated carbocycles. The van der Waals surface area contributed by atoms with Crippen molar-refractivity contribution in [2.45, 2.75) is 497 Å². The van der Waals surface area contributed by atoms with Crippen LogP contribution in [0.3, 0.4) is 0 Å². The monoisotopic (exact) mass is 1550 g/mol. The maximum absolute atomic E-state index is 13.6. The van der Waals surface area contributed by atoms with Crippen LogP contribution in [-0.2, 0) is 42.8 Å². The van der Waals surface area contributed by atoms with Crippen LogP contribution in [0.5, 0.6) is 0 Å². The molecule has 3 rings (SSSR count). The second-order valence-corrected chi connectivity index (χ2v) is 32.5. The average Bonchev–Trinajstić information content (AvgIpc) is 0.754. The maximum Gasteiger partial charge on any atom is 0.364 e. The minimum absolute atomic E-state index is 0.230. The predicted molar refractivity (Wildman–Crippen MR) is 422 cm³/mol. The lowest BCUT2D eigenvalue weighted by atomic mass is 9.88. The lowest BCUT2D eigenvalue weighted by Gasteiger charge is -2.50. The Kier molecular flexibility index (Phi) is 59.2. The molecule has 3 heterocycles. The summed E-state index contributed by atoms with van der Waals surface area (Å²) >= 11 is 0. The van der Waals surface area contributed by atoms with E-state index < -0.39 is 148 Å². The van der Waals surface area contributed by atoms with Crippen LogP contribution in [0.2, 0.25) is 0 Å². The van der Waals surface area contributed by atoms with Crippen LogP contribution in [0, 0.1) is 0 Å². The van der Waals surface area contributed by atoms with Crippen LogP contribution in [-0.4, -0.2) is 215 Å². The molecule has 0 aliphatic carbocycles. The van der Waals surface area contributed by atoms with Gasteiger partial charge < -0.3 is 100 Å². The van der Waals surface area contributed by atoms with Crippen LogP contribution in [0.1, 0.15) is 387 Å². The summed E-state index contributed by atoms with van der Waals surface area (Å²) in [5.74, 6) is -6.08. The third-order valence-corrected chi connectivity index (χ3v) is 22.8. The second kappa shape index (κ2) is 64.0. The molecule has 0 aromatic rings. The fourth-order valence-corrected chi connectivity index (χ4v) is 15.8. The van der Waals surface area contributed by atoms with Crippen LogP contribution in [0.4, 0.5) is 0 Å². The molecule has 18 atom stereocenters. The normalized spacial score (nSPS) is 25.8. The van der Waals surface area contributed by atoms with Crippen molar-refractivity contribution in [2.24, 2.45) is 0 Å². The fraction of sp³-hybridized carbons (Fsp3) is 0.965. The van der Waals surface area contributed by atoms with Crippen LogP contribution in [0.25, 0.3) is 0 Å². The van der Waals surface area contributed by atoms with Crippen LogP contribution < -0.4 is 10.6 Å². The van der Waals surface area contributed by atoms with Crippen LogP contribution >= 0.6 is 0 Å². The number of carbonyl (C=O) groups is 3. The van der Waals surface area contributed by atoms with Gasteiger partial charge in [-0.25, -0.2) is 4.79 Å². The van der Waals surface area contributed by atoms with Gasteiger partial charge in [0.15, 0.2) is 12.6 Å². The first-order valence-corrected chi connectivity index (χ1v) is 44.4. The minimum Gasteiger partial charge on any atom is -0.477 e. The van der Waals surface area contributed by atoms with E-state index in [1.807, 2.05) is 0 Å². The van der Waals surface area contributed by atoms with Crippen molar-refractivity contribution in [1.29, 1.82) is 0 Å². The summed E-state index contributed by atoms with van der Waals surface area (Å²) in [5.41, 5.74) is 0. The summed E-state index contributed by atoms with van der Waals surface area (Å²) in [4.78, 5) is 38.8. The van der Waals surface area contributed by atoms with Crippen molar-refractivity contribution in [3.63, 3.8) is 0 Å². The zero-order valence-corrected chi connectivity index (χ0v) is 68.0. The van der Waals surface area contributed by atoms with Gasteiger partial charge in [0.25, 0.3) is 5.79 Å². The van der Waals surface area contributed by atoms with Gasteiger partial charge >= 0.3 is 5.97 Å². The van der Waals surface area contributed by atoms with Gasteiger partial charge in [0.1, 0.15) is 67.1 Å². The smallest absolute Gasteiger partial charge is 0.364 e. The van der Waals surface area contributed by atoms with Gasteiger partial charge in [0.2, 0.25) is 11.8 Å². The number of aliphatic carboxylic acids is 1. The quantitative estimate of drug-likeness (QED) is 0.0252. The number of hydrogen-bond donors (Lipinski definition) is 14. The lowest BCUT2D eigenvalue weighted by molar-refractivity contribution is -0.386. The summed E-state index contributed by atoms with van der Waals surface area (Å²) in [7, 11) is 0. The van der Waals surface area contributed by atoms with E-state index >= 15 is 0 Å². The number of aliphatic hydroxyl groups is 11. The van der Waals surface area contributed by atoms with Crippen molar-refractivity contribution in [2.75, 3.05) is 26.4 Å². The number of nitrogens with one attached hydrogen (secondary N) is 2. The molecular formula is C85H162N2O21. The number of unbranched alkanes of at least 4 members (excludes halogenated alkanes) is 52. The summed E-state index contributed by atoms with van der Waals surface area (Å²) in [6, 6.07) is -2.53. The molecule has 0 radical (unpaired) electrons. The molecular weight excluding hydrogens is 1380 g/mol. The number of hydrogen-bond acceptors (Lipinski definition) is 20. The Bertz CT molecular complexity index is 2140. The molecule has 3 saturated heterocycles. The Morgan fingerprint density at radius 1 is 0.444 bits per heavy atom. The van der Waals surface area contributed by atoms with Crippen molar-refractivity contribution < 1.29 is 104 Å². The van der Waals surface area contributed by atoms with E-state index in [1.54, 1.807) is 0 Å². The van der Waals surface area contributed by atoms with E-state index in [4.69, 9.17) is 28.4 Å². The van der Waals surface area contributed by atoms with Gasteiger partial charge in [-0.05, 0) is 12.8 Å². The summed E-state index contributed by atoms with van der Waals surface area (Å²) < 4.78 is 35.0. The topological polar surface area (TPSA) is 373 Å². The summed E-state index contributed by atoms with van der Waals surface area (Å²) in [6.45, 7) is 2.29. The molecule has 0 aromatic carbocycles. The highest BCUT2D eigenvalue weighted by atomic mass is 16.8. The van der Waals surface area contributed by atoms with Gasteiger partial charge in [-0.2, -0.15) is 0 Å². The molecule has 18 unspecified atom stereocenters. The van der Waals surface area contributed by atoms with E-state index in [0.717, 1.165) is 51.9 Å². The maximum atomic E-state index is 13.6. The molecule has 0 aromatic heterocycles. The van der Waals surface area contributed by atoms with E-state index in [0.29, 0.717) is 19.3 Å². The number of carboxylic acid groups (broad SMARTS) is 1. The van der Waals surface area contributed by atoms with Crippen molar-refractivity contribution in [3.05, 3.63) is 0 Å². The molecule has 638 valence electrons. The van der Waals surface area contributed by atoms with Gasteiger partial charge in [-0.1, -0.05) is 354 Å². The number of carboxylic acids is 1. The van der Waals surface area contributed by atoms with E-state index in [-0.39, 0.29) is 18.9 Å². The summed E-state index contributed by atoms with van der Waals surface area (Å²) in [6.07, 6.45) is 41.1. The van der Waals surface area contributed by atoms with Gasteiger partial charge in [-0.3, -0.25) is 9.59 Å². The molecule has 14 N–H and O–H groups in total. The van der Waals surface area contributed by atoms with Gasteiger partial charge in [0, 0.05) is 19.8 Å². The molecule has 23 heteroatoms. The number of rotatable bonds is 72. The highest BCUT2D eigenvalue weighted by Crippen LogP contribution is 2.39. The Morgan fingerprint density at radius 3 is 1.16 bits per heavy atom. The number of amides is 2. The third-order valence-electron chi connectivity index (χ3n) is 22.8. The van der Waals surface area contributed by atoms with E-state index in [1.165, 1.54) is 289 Å². The lowest BCUT2D eigenvalue weighted by Crippen LogP contribution is -2.70. The van der Waals surface area contributed by atoms with Crippen molar-refractivity contribution in [1.82, 2.24) is 10.6 Å². The molecule has 108 heavy (non-hydrogen) atoms. The first kappa shape index (κ1) is 99.9. The first-order valence-electron chi connectivity index (χ1n) is 44.4. The van der Waals surface area contributed by atoms with Crippen molar-refractivity contribution in [3.8, 4) is 0 Å². The molecule has 2 amide bonds. The predicted octanol–water partition coefficient (Wildman–Crippen LogP) is 13.5. The molecule has 0 spiro atoms. The number of carbonyl (C=O) groups excluding carboxylic acids is 2. The number of aliphatic hydroxyl groups excluding tert-OH is 11. The Morgan fingerprint density at radius 2 is 0.806 bits per heavy atom. The molecule has 3 aliphatic rings. The molecule has 3 aliphatic heterocycles. The molecule has 0 bridgehead atoms.